The van der Waals surface area contributed by atoms with Gasteiger partial charge in [0.25, 0.3) is 11.8 Å². The Balaban J connectivity index is 0.00000267. The summed E-state index contributed by atoms with van der Waals surface area (Å²) >= 11 is 4.83. The molecule has 196 valence electrons. The molecule has 0 unspecified atom stereocenters. The smallest absolute Gasteiger partial charge is 0.550 e. The summed E-state index contributed by atoms with van der Waals surface area (Å²) in [6.45, 7) is 1.69. The van der Waals surface area contributed by atoms with E-state index in [1.54, 1.807) is 6.92 Å². The second kappa shape index (κ2) is 14.7. The number of carbonyl (C=O) groups excluding carboxylic acids is 4. The van der Waals surface area contributed by atoms with Crippen LogP contribution in [0.4, 0.5) is 5.13 Å². The molecule has 2 aromatic rings. The number of carboxylic acids is 2. The van der Waals surface area contributed by atoms with E-state index in [0.29, 0.717) is 20.5 Å². The monoisotopic (exact) mass is 628 g/mol. The van der Waals surface area contributed by atoms with Crippen LogP contribution in [0.15, 0.2) is 26.1 Å². The minimum absolute atomic E-state index is 0. The van der Waals surface area contributed by atoms with E-state index in [2.05, 4.69) is 20.4 Å². The Morgan fingerprint density at radius 3 is 2.62 bits per heavy atom. The van der Waals surface area contributed by atoms with E-state index in [-0.39, 0.29) is 99.3 Å². The number of nitrogens with zero attached hydrogens (tertiary/aromatic N) is 4. The molecule has 13 nitrogen and oxygen atoms in total. The van der Waals surface area contributed by atoms with Crippen LogP contribution in [0.5, 0.6) is 0 Å². The van der Waals surface area contributed by atoms with E-state index in [1.807, 2.05) is 0 Å². The number of thioether (sulfide) groups is 2. The van der Waals surface area contributed by atoms with Crippen LogP contribution < -0.4 is 80.4 Å². The molecule has 2 atom stereocenters. The van der Waals surface area contributed by atoms with Gasteiger partial charge in [-0.3, -0.25) is 14.5 Å². The Kier molecular flexibility index (Phi) is 12.8. The number of hydrogen-bond acceptors (Lipinski definition) is 15. The van der Waals surface area contributed by atoms with Crippen LogP contribution >= 0.6 is 46.2 Å². The molecule has 1 saturated heterocycles. The number of oxime groups is 1. The first-order valence-electron chi connectivity index (χ1n) is 10.4. The van der Waals surface area contributed by atoms with Gasteiger partial charge < -0.3 is 35.7 Å². The van der Waals surface area contributed by atoms with Crippen LogP contribution in [0, 0.1) is 6.92 Å². The van der Waals surface area contributed by atoms with Crippen LogP contribution in [0.3, 0.4) is 0 Å². The van der Waals surface area contributed by atoms with Crippen LogP contribution in [-0.4, -0.2) is 74.4 Å². The standard InChI is InChI=1S/C20H20N6O7S4.2Na/c1-7-10(3-11(27)28)37-20(22-7)36-5-8-4-34-17-13(16(30)26(17)14(8)18(31)32)24-15(29)12(25-33-2)9-6-35-19(21)23-9;;/h6,13,17H,3-5H2,1-2H3,(H2,21,23)(H,24,29)(H,27,28)(H,31,32);;/q;2*+1/p-2/b25-12-;;/t13-,17-;;/m1../s1. The van der Waals surface area contributed by atoms with Crippen LogP contribution in [0.25, 0.3) is 0 Å². The Morgan fingerprint density at radius 2 is 2.03 bits per heavy atom. The molecule has 4 rings (SSSR count). The van der Waals surface area contributed by atoms with E-state index in [9.17, 15) is 29.4 Å². The summed E-state index contributed by atoms with van der Waals surface area (Å²) in [6, 6.07) is -0.993. The molecule has 0 bridgehead atoms. The number of hydrogen-bond donors (Lipinski definition) is 2. The van der Waals surface area contributed by atoms with Gasteiger partial charge in [0.05, 0.1) is 17.4 Å². The number of nitrogens with two attached hydrogens (primary N) is 1. The van der Waals surface area contributed by atoms with Crippen molar-refractivity contribution in [1.82, 2.24) is 20.2 Å². The summed E-state index contributed by atoms with van der Waals surface area (Å²) in [4.78, 5) is 63.4. The molecule has 2 amide bonds. The number of aryl methyl sites for hydroxylation is 1. The number of anilines is 1. The maximum absolute atomic E-state index is 12.9. The van der Waals surface area contributed by atoms with Crippen molar-refractivity contribution in [2.45, 2.75) is 29.1 Å². The van der Waals surface area contributed by atoms with E-state index in [1.165, 1.54) is 47.4 Å². The minimum atomic E-state index is -1.51. The summed E-state index contributed by atoms with van der Waals surface area (Å²) in [5.41, 5.74) is 6.41. The second-order valence-corrected chi connectivity index (χ2v) is 11.9. The number of fused-ring (bicyclic) bond motifs is 1. The maximum Gasteiger partial charge on any atom is 1.00 e. The number of aliphatic carboxylic acids is 2. The summed E-state index contributed by atoms with van der Waals surface area (Å²) in [5, 5.41) is 30.2. The number of carboxylic acid groups (broad SMARTS) is 2. The Hall–Kier alpha value is -1.15. The molecule has 2 aliphatic rings. The zero-order chi connectivity index (χ0) is 26.9. The van der Waals surface area contributed by atoms with Gasteiger partial charge in [-0.25, -0.2) is 9.97 Å². The number of thiazole rings is 2. The number of rotatable bonds is 10. The molecule has 0 aromatic carbocycles. The zero-order valence-corrected chi connectivity index (χ0v) is 28.5. The van der Waals surface area contributed by atoms with E-state index in [4.69, 9.17) is 10.6 Å². The van der Waals surface area contributed by atoms with Crippen molar-refractivity contribution in [3.05, 3.63) is 32.9 Å². The summed E-state index contributed by atoms with van der Waals surface area (Å²) < 4.78 is 0.568. The third-order valence-corrected chi connectivity index (χ3v) is 9.64. The van der Waals surface area contributed by atoms with E-state index < -0.39 is 35.2 Å². The molecule has 0 saturated carbocycles. The third-order valence-electron chi connectivity index (χ3n) is 5.24. The van der Waals surface area contributed by atoms with Gasteiger partial charge in [0.15, 0.2) is 15.2 Å². The van der Waals surface area contributed by atoms with Gasteiger partial charge in [-0.15, -0.1) is 34.4 Å². The molecule has 2 aromatic heterocycles. The van der Waals surface area contributed by atoms with Gasteiger partial charge in [-0.05, 0) is 12.5 Å². The number of nitrogens with one attached hydrogen (secondary N) is 1. The van der Waals surface area contributed by atoms with E-state index >= 15 is 0 Å². The van der Waals surface area contributed by atoms with Crippen molar-refractivity contribution in [1.29, 1.82) is 0 Å². The van der Waals surface area contributed by atoms with E-state index in [0.717, 1.165) is 16.2 Å². The maximum atomic E-state index is 12.9. The van der Waals surface area contributed by atoms with Gasteiger partial charge in [-0.2, -0.15) is 0 Å². The number of aromatic nitrogens is 2. The van der Waals surface area contributed by atoms with Crippen molar-refractivity contribution in [3.63, 3.8) is 0 Å². The largest absolute Gasteiger partial charge is 1.00 e. The molecular weight excluding hydrogens is 611 g/mol. The Labute approximate surface area is 283 Å². The van der Waals surface area contributed by atoms with Gasteiger partial charge >= 0.3 is 59.1 Å². The van der Waals surface area contributed by atoms with Crippen LogP contribution in [0.1, 0.15) is 16.3 Å². The summed E-state index contributed by atoms with van der Waals surface area (Å²) in [7, 11) is 1.25. The Bertz CT molecular complexity index is 1350. The van der Waals surface area contributed by atoms with Crippen molar-refractivity contribution >= 4 is 80.8 Å². The molecule has 39 heavy (non-hydrogen) atoms. The molecule has 3 N–H and O–H groups in total. The van der Waals surface area contributed by atoms with Gasteiger partial charge in [0, 0.05) is 34.2 Å². The SMILES string of the molecule is CO/N=C(\C(=O)N[C@@H]1C(=O)N2C(C(=O)[O-])=C(CSc3nc(C)c(CC(=O)[O-])s3)CS[C@H]12)c1csc(N)n1.[Na+].[Na+]. The molecule has 19 heteroatoms. The number of amides is 2. The fourth-order valence-electron chi connectivity index (χ4n) is 3.59. The normalized spacial score (nSPS) is 18.4. The fourth-order valence-corrected chi connectivity index (χ4v) is 7.84. The second-order valence-electron chi connectivity index (χ2n) is 7.62. The predicted octanol–water partition coefficient (Wildman–Crippen LogP) is -7.66. The van der Waals surface area contributed by atoms with Gasteiger partial charge in [0.2, 0.25) is 0 Å². The van der Waals surface area contributed by atoms with Crippen molar-refractivity contribution in [2.75, 3.05) is 24.3 Å². The number of β-lactam (4-membered cyclic amide) rings is 1. The van der Waals surface area contributed by atoms with Crippen molar-refractivity contribution in [2.24, 2.45) is 5.16 Å². The topological polar surface area (TPSA) is 203 Å². The molecule has 1 fully saturated rings. The first-order chi connectivity index (χ1) is 17.6. The first-order valence-corrected chi connectivity index (χ1v) is 14.1. The first kappa shape index (κ1) is 34.1. The average molecular weight is 629 g/mol. The third kappa shape index (κ3) is 7.58. The molecule has 0 radical (unpaired) electrons. The van der Waals surface area contributed by atoms with Crippen molar-refractivity contribution in [3.8, 4) is 0 Å². The summed E-state index contributed by atoms with van der Waals surface area (Å²) in [5.74, 6) is -3.58. The van der Waals surface area contributed by atoms with Gasteiger partial charge in [-0.1, -0.05) is 16.9 Å². The summed E-state index contributed by atoms with van der Waals surface area (Å²) in [6.07, 6.45) is -0.253. The molecule has 2 aliphatic heterocycles. The predicted molar refractivity (Wildman–Crippen MR) is 133 cm³/mol. The minimum Gasteiger partial charge on any atom is -0.550 e. The molecule has 0 spiro atoms. The molecule has 4 heterocycles. The molecule has 0 aliphatic carbocycles. The van der Waals surface area contributed by atoms with Crippen molar-refractivity contribution < 1.29 is 93.3 Å². The average Bonchev–Trinajstić information content (AvgIpc) is 3.42. The zero-order valence-electron chi connectivity index (χ0n) is 21.2. The number of nitrogen functional groups attached to an aromatic ring is 1. The Morgan fingerprint density at radius 1 is 1.31 bits per heavy atom. The van der Waals surface area contributed by atoms with Gasteiger partial charge in [0.1, 0.15) is 24.2 Å². The van der Waals surface area contributed by atoms with Crippen LogP contribution in [0.2, 0.25) is 0 Å². The molecular formula is C20H18N6Na2O7S4. The van der Waals surface area contributed by atoms with Crippen LogP contribution in [-0.2, 0) is 30.4 Å². The quantitative estimate of drug-likeness (QED) is 0.0829. The fraction of sp³-hybridized carbons (Fsp3) is 0.350. The number of carbonyl (C=O) groups is 4.